The molecule has 0 atom stereocenters. The molecule has 31 heavy (non-hydrogen) atoms. The van der Waals surface area contributed by atoms with Crippen LogP contribution in [0.1, 0.15) is 64.0 Å². The Labute approximate surface area is 203 Å². The lowest BCUT2D eigenvalue weighted by Gasteiger charge is -2.34. The van der Waals surface area contributed by atoms with Crippen molar-refractivity contribution in [2.45, 2.75) is 77.4 Å². The van der Waals surface area contributed by atoms with Crippen molar-refractivity contribution in [3.05, 3.63) is 23.9 Å². The summed E-state index contributed by atoms with van der Waals surface area (Å²) in [6.07, 6.45) is 7.83. The van der Waals surface area contributed by atoms with Crippen molar-refractivity contribution in [2.24, 2.45) is 4.99 Å². The van der Waals surface area contributed by atoms with Gasteiger partial charge in [0.05, 0.1) is 0 Å². The second kappa shape index (κ2) is 13.8. The van der Waals surface area contributed by atoms with Gasteiger partial charge in [-0.3, -0.25) is 9.79 Å². The summed E-state index contributed by atoms with van der Waals surface area (Å²) in [6.45, 7) is 7.53. The molecule has 1 aromatic rings. The van der Waals surface area contributed by atoms with E-state index in [1.807, 2.05) is 13.0 Å². The van der Waals surface area contributed by atoms with E-state index in [0.29, 0.717) is 19.0 Å². The van der Waals surface area contributed by atoms with E-state index in [1.165, 1.54) is 12.8 Å². The number of esters is 1. The Balaban J connectivity index is 0.00000341. The van der Waals surface area contributed by atoms with Crippen LogP contribution in [0.15, 0.2) is 23.2 Å². The zero-order chi connectivity index (χ0) is 21.2. The number of anilines is 1. The summed E-state index contributed by atoms with van der Waals surface area (Å²) >= 11 is 0. The second-order valence-corrected chi connectivity index (χ2v) is 8.30. The third-order valence-electron chi connectivity index (χ3n) is 5.79. The summed E-state index contributed by atoms with van der Waals surface area (Å²) in [5, 5.41) is 6.89. The summed E-state index contributed by atoms with van der Waals surface area (Å²) < 4.78 is 5.51. The van der Waals surface area contributed by atoms with E-state index < -0.39 is 0 Å². The van der Waals surface area contributed by atoms with Crippen LogP contribution in [-0.4, -0.2) is 55.2 Å². The number of piperidine rings is 1. The van der Waals surface area contributed by atoms with Crippen LogP contribution in [0.25, 0.3) is 0 Å². The molecular weight excluding hydrogens is 505 g/mol. The molecule has 1 aliphatic carbocycles. The van der Waals surface area contributed by atoms with Gasteiger partial charge in [0.1, 0.15) is 11.9 Å². The molecule has 0 amide bonds. The van der Waals surface area contributed by atoms with E-state index in [9.17, 15) is 4.79 Å². The summed E-state index contributed by atoms with van der Waals surface area (Å²) in [4.78, 5) is 23.6. The van der Waals surface area contributed by atoms with Crippen LogP contribution in [0, 0.1) is 6.92 Å². The number of nitrogens with zero attached hydrogens (tertiary/aromatic N) is 3. The highest BCUT2D eigenvalue weighted by Gasteiger charge is 2.21. The minimum Gasteiger partial charge on any atom is -0.462 e. The van der Waals surface area contributed by atoms with Gasteiger partial charge in [-0.2, -0.15) is 0 Å². The fraction of sp³-hybridized carbons (Fsp3) is 0.696. The normalized spacial score (nSPS) is 17.9. The van der Waals surface area contributed by atoms with Crippen molar-refractivity contribution in [1.29, 1.82) is 0 Å². The Bertz CT molecular complexity index is 701. The first-order chi connectivity index (χ1) is 14.6. The second-order valence-electron chi connectivity index (χ2n) is 8.30. The molecule has 7 nitrogen and oxygen atoms in total. The predicted octanol–water partition coefficient (Wildman–Crippen LogP) is 3.80. The third-order valence-corrected chi connectivity index (χ3v) is 5.79. The Morgan fingerprint density at radius 2 is 1.97 bits per heavy atom. The number of carbonyl (C=O) groups excluding carboxylic acids is 1. The van der Waals surface area contributed by atoms with Crippen LogP contribution in [-0.2, 0) is 9.53 Å². The minimum absolute atomic E-state index is 0. The van der Waals surface area contributed by atoms with E-state index in [0.717, 1.165) is 69.2 Å². The number of nitrogens with one attached hydrogen (secondary N) is 2. The van der Waals surface area contributed by atoms with Crippen LogP contribution in [0.4, 0.5) is 5.82 Å². The molecule has 8 heteroatoms. The van der Waals surface area contributed by atoms with Gasteiger partial charge in [0.2, 0.25) is 0 Å². The molecule has 1 saturated heterocycles. The number of pyridine rings is 1. The van der Waals surface area contributed by atoms with Crippen LogP contribution < -0.4 is 15.5 Å². The van der Waals surface area contributed by atoms with Gasteiger partial charge < -0.3 is 20.3 Å². The monoisotopic (exact) mass is 543 g/mol. The summed E-state index contributed by atoms with van der Waals surface area (Å²) in [5.41, 5.74) is 1.06. The topological polar surface area (TPSA) is 78.8 Å². The number of aryl methyl sites for hydroxylation is 1. The number of ether oxygens (including phenoxy) is 1. The Kier molecular flexibility index (Phi) is 11.4. The number of halogens is 1. The third kappa shape index (κ3) is 8.82. The average Bonchev–Trinajstić information content (AvgIpc) is 3.25. The maximum Gasteiger partial charge on any atom is 0.306 e. The van der Waals surface area contributed by atoms with E-state index in [4.69, 9.17) is 4.74 Å². The number of carbonyl (C=O) groups is 1. The van der Waals surface area contributed by atoms with E-state index in [2.05, 4.69) is 44.6 Å². The minimum atomic E-state index is -0.0767. The molecule has 0 aromatic carbocycles. The highest BCUT2D eigenvalue weighted by molar-refractivity contribution is 14.0. The van der Waals surface area contributed by atoms with Gasteiger partial charge >= 0.3 is 5.97 Å². The number of aromatic nitrogens is 1. The molecule has 0 radical (unpaired) electrons. The maximum atomic E-state index is 11.9. The SMILES string of the molecule is CCNC(=NCCCC(=O)OC1CCCC1)NC1CCN(c2cccc(C)n2)CC1.I. The first kappa shape index (κ1) is 25.7. The molecule has 2 N–H and O–H groups in total. The Hall–Kier alpha value is -1.58. The number of hydrogen-bond donors (Lipinski definition) is 2. The van der Waals surface area contributed by atoms with Crippen LogP contribution >= 0.6 is 24.0 Å². The zero-order valence-electron chi connectivity index (χ0n) is 18.9. The lowest BCUT2D eigenvalue weighted by molar-refractivity contribution is -0.148. The van der Waals surface area contributed by atoms with E-state index >= 15 is 0 Å². The number of aliphatic imine (C=N–C) groups is 1. The fourth-order valence-corrected chi connectivity index (χ4v) is 4.14. The van der Waals surface area contributed by atoms with Gasteiger partial charge in [0.15, 0.2) is 5.96 Å². The molecule has 174 valence electrons. The molecule has 0 unspecified atom stereocenters. The first-order valence-corrected chi connectivity index (χ1v) is 11.6. The van der Waals surface area contributed by atoms with Crippen LogP contribution in [0.3, 0.4) is 0 Å². The largest absolute Gasteiger partial charge is 0.462 e. The molecule has 0 bridgehead atoms. The standard InChI is InChI=1S/C23H37N5O2.HI/c1-3-24-23(25-15-7-12-22(29)30-20-9-4-5-10-20)27-19-13-16-28(17-14-19)21-11-6-8-18(2)26-21;/h6,8,11,19-20H,3-5,7,9-10,12-17H2,1-2H3,(H2,24,25,27);1H. The molecule has 2 heterocycles. The highest BCUT2D eigenvalue weighted by atomic mass is 127. The van der Waals surface area contributed by atoms with Crippen molar-refractivity contribution >= 4 is 41.7 Å². The maximum absolute atomic E-state index is 11.9. The van der Waals surface area contributed by atoms with E-state index in [-0.39, 0.29) is 36.0 Å². The summed E-state index contributed by atoms with van der Waals surface area (Å²) in [7, 11) is 0. The molecule has 2 fully saturated rings. The molecular formula is C23H38IN5O2. The van der Waals surface area contributed by atoms with Gasteiger partial charge in [-0.1, -0.05) is 6.07 Å². The summed E-state index contributed by atoms with van der Waals surface area (Å²) in [5.74, 6) is 1.83. The van der Waals surface area contributed by atoms with Gasteiger partial charge in [-0.25, -0.2) is 4.98 Å². The molecule has 1 aromatic heterocycles. The van der Waals surface area contributed by atoms with E-state index in [1.54, 1.807) is 0 Å². The lowest BCUT2D eigenvalue weighted by atomic mass is 10.1. The lowest BCUT2D eigenvalue weighted by Crippen LogP contribution is -2.49. The van der Waals surface area contributed by atoms with Gasteiger partial charge in [0, 0.05) is 44.3 Å². The van der Waals surface area contributed by atoms with Crippen LogP contribution in [0.5, 0.6) is 0 Å². The number of hydrogen-bond acceptors (Lipinski definition) is 5. The predicted molar refractivity (Wildman–Crippen MR) is 136 cm³/mol. The highest BCUT2D eigenvalue weighted by Crippen LogP contribution is 2.21. The van der Waals surface area contributed by atoms with Crippen molar-refractivity contribution in [3.8, 4) is 0 Å². The smallest absolute Gasteiger partial charge is 0.306 e. The fourth-order valence-electron chi connectivity index (χ4n) is 4.14. The van der Waals surface area contributed by atoms with Crippen LogP contribution in [0.2, 0.25) is 0 Å². The molecule has 2 aliphatic rings. The molecule has 3 rings (SSSR count). The van der Waals surface area contributed by atoms with Crippen molar-refractivity contribution in [1.82, 2.24) is 15.6 Å². The Morgan fingerprint density at radius 1 is 1.23 bits per heavy atom. The number of rotatable bonds is 8. The van der Waals surface area contributed by atoms with Gasteiger partial charge in [-0.15, -0.1) is 24.0 Å². The molecule has 0 spiro atoms. The molecule has 1 saturated carbocycles. The van der Waals surface area contributed by atoms with Gasteiger partial charge in [-0.05, 0) is 70.9 Å². The van der Waals surface area contributed by atoms with Crippen molar-refractivity contribution in [2.75, 3.05) is 31.1 Å². The zero-order valence-corrected chi connectivity index (χ0v) is 21.3. The quantitative estimate of drug-likeness (QED) is 0.171. The van der Waals surface area contributed by atoms with Crippen molar-refractivity contribution in [3.63, 3.8) is 0 Å². The number of guanidine groups is 1. The average molecular weight is 543 g/mol. The summed E-state index contributed by atoms with van der Waals surface area (Å²) in [6, 6.07) is 6.59. The molecule has 1 aliphatic heterocycles. The Morgan fingerprint density at radius 3 is 2.65 bits per heavy atom. The first-order valence-electron chi connectivity index (χ1n) is 11.6. The van der Waals surface area contributed by atoms with Crippen molar-refractivity contribution < 1.29 is 9.53 Å². The van der Waals surface area contributed by atoms with Gasteiger partial charge in [0.25, 0.3) is 0 Å².